The zero-order valence-electron chi connectivity index (χ0n) is 8.47. The van der Waals surface area contributed by atoms with Gasteiger partial charge in [-0.25, -0.2) is 0 Å². The number of ether oxygens (including phenoxy) is 1. The van der Waals surface area contributed by atoms with Gasteiger partial charge in [0.1, 0.15) is 0 Å². The van der Waals surface area contributed by atoms with E-state index in [2.05, 4.69) is 12.2 Å². The van der Waals surface area contributed by atoms with Crippen molar-refractivity contribution < 1.29 is 9.53 Å². The van der Waals surface area contributed by atoms with E-state index < -0.39 is 0 Å². The van der Waals surface area contributed by atoms with E-state index >= 15 is 0 Å². The summed E-state index contributed by atoms with van der Waals surface area (Å²) in [5.74, 6) is 2.16. The molecule has 0 unspecified atom stereocenters. The Hall–Kier alpha value is -0.220. The van der Waals surface area contributed by atoms with Crippen LogP contribution in [-0.4, -0.2) is 37.2 Å². The highest BCUT2D eigenvalue weighted by atomic mass is 32.2. The minimum absolute atomic E-state index is 0.161. The predicted molar refractivity (Wildman–Crippen MR) is 57.1 cm³/mol. The molecule has 0 fully saturated rings. The quantitative estimate of drug-likeness (QED) is 0.478. The topological polar surface area (TPSA) is 38.3 Å². The summed E-state index contributed by atoms with van der Waals surface area (Å²) in [5.41, 5.74) is 0. The predicted octanol–water partition coefficient (Wildman–Crippen LogP) is 1.28. The maximum atomic E-state index is 10.8. The Kier molecular flexibility index (Phi) is 9.70. The van der Waals surface area contributed by atoms with E-state index in [9.17, 15) is 4.79 Å². The average molecular weight is 205 g/mol. The van der Waals surface area contributed by atoms with Crippen LogP contribution in [-0.2, 0) is 9.53 Å². The van der Waals surface area contributed by atoms with Crippen LogP contribution in [0.1, 0.15) is 20.3 Å². The van der Waals surface area contributed by atoms with Crippen LogP contribution in [0.25, 0.3) is 0 Å². The number of carbonyl (C=O) groups excluding carboxylic acids is 1. The maximum absolute atomic E-state index is 10.8. The van der Waals surface area contributed by atoms with Crippen LogP contribution in [0.2, 0.25) is 0 Å². The molecule has 0 atom stereocenters. The highest BCUT2D eigenvalue weighted by Crippen LogP contribution is 1.99. The fourth-order valence-corrected chi connectivity index (χ4v) is 1.48. The third-order valence-corrected chi connectivity index (χ3v) is 2.41. The van der Waals surface area contributed by atoms with Gasteiger partial charge in [-0.15, -0.1) is 0 Å². The summed E-state index contributed by atoms with van der Waals surface area (Å²) in [4.78, 5) is 10.8. The molecule has 0 aliphatic rings. The van der Waals surface area contributed by atoms with Crippen LogP contribution in [0, 0.1) is 0 Å². The lowest BCUT2D eigenvalue weighted by Gasteiger charge is -2.03. The standard InChI is InChI=1S/C9H19NO2S/c1-3-12-9(11)8-10-6-5-7-13-4-2/h10H,3-8H2,1-2H3. The van der Waals surface area contributed by atoms with Crippen molar-refractivity contribution in [3.63, 3.8) is 0 Å². The van der Waals surface area contributed by atoms with E-state index in [1.54, 1.807) is 0 Å². The molecule has 3 nitrogen and oxygen atoms in total. The summed E-state index contributed by atoms with van der Waals surface area (Å²) in [6.45, 7) is 5.66. The molecule has 78 valence electrons. The number of nitrogens with one attached hydrogen (secondary N) is 1. The van der Waals surface area contributed by atoms with Crippen LogP contribution in [0.15, 0.2) is 0 Å². The van der Waals surface area contributed by atoms with Crippen LogP contribution < -0.4 is 5.32 Å². The summed E-state index contributed by atoms with van der Waals surface area (Å²) in [7, 11) is 0. The van der Waals surface area contributed by atoms with Gasteiger partial charge in [0.25, 0.3) is 0 Å². The summed E-state index contributed by atoms with van der Waals surface area (Å²) in [6, 6.07) is 0. The van der Waals surface area contributed by atoms with E-state index in [0.29, 0.717) is 13.2 Å². The second kappa shape index (κ2) is 9.86. The Morgan fingerprint density at radius 2 is 2.23 bits per heavy atom. The number of hydrogen-bond acceptors (Lipinski definition) is 4. The Balaban J connectivity index is 3.02. The van der Waals surface area contributed by atoms with Crippen molar-refractivity contribution >= 4 is 17.7 Å². The van der Waals surface area contributed by atoms with Crippen molar-refractivity contribution in [2.75, 3.05) is 31.2 Å². The lowest BCUT2D eigenvalue weighted by atomic mass is 10.5. The number of carbonyl (C=O) groups is 1. The molecule has 13 heavy (non-hydrogen) atoms. The summed E-state index contributed by atoms with van der Waals surface area (Å²) in [5, 5.41) is 3.04. The Morgan fingerprint density at radius 1 is 1.46 bits per heavy atom. The minimum Gasteiger partial charge on any atom is -0.465 e. The largest absolute Gasteiger partial charge is 0.465 e. The molecular formula is C9H19NO2S. The molecule has 0 amide bonds. The highest BCUT2D eigenvalue weighted by Gasteiger charge is 1.98. The number of rotatable bonds is 8. The molecule has 4 heteroatoms. The third kappa shape index (κ3) is 9.70. The summed E-state index contributed by atoms with van der Waals surface area (Å²) >= 11 is 1.92. The summed E-state index contributed by atoms with van der Waals surface area (Å²) in [6.07, 6.45) is 1.11. The zero-order valence-corrected chi connectivity index (χ0v) is 9.28. The molecule has 0 aromatic heterocycles. The second-order valence-corrected chi connectivity index (χ2v) is 3.93. The Morgan fingerprint density at radius 3 is 2.85 bits per heavy atom. The van der Waals surface area contributed by atoms with Gasteiger partial charge < -0.3 is 10.1 Å². The monoisotopic (exact) mass is 205 g/mol. The van der Waals surface area contributed by atoms with Gasteiger partial charge in [-0.2, -0.15) is 11.8 Å². The van der Waals surface area contributed by atoms with Crippen LogP contribution >= 0.6 is 11.8 Å². The molecule has 0 aromatic carbocycles. The summed E-state index contributed by atoms with van der Waals surface area (Å²) < 4.78 is 4.76. The van der Waals surface area contributed by atoms with E-state index in [1.807, 2.05) is 18.7 Å². The first-order valence-electron chi connectivity index (χ1n) is 4.75. The Labute approximate surface area is 84.6 Å². The molecular weight excluding hydrogens is 186 g/mol. The normalized spacial score (nSPS) is 10.0. The first-order chi connectivity index (χ1) is 6.31. The van der Waals surface area contributed by atoms with Gasteiger partial charge in [-0.05, 0) is 31.4 Å². The molecule has 0 bridgehead atoms. The lowest BCUT2D eigenvalue weighted by Crippen LogP contribution is -2.25. The van der Waals surface area contributed by atoms with Crippen molar-refractivity contribution in [1.82, 2.24) is 5.32 Å². The highest BCUT2D eigenvalue weighted by molar-refractivity contribution is 7.99. The van der Waals surface area contributed by atoms with Crippen LogP contribution in [0.4, 0.5) is 0 Å². The van der Waals surface area contributed by atoms with Gasteiger partial charge in [0.05, 0.1) is 13.2 Å². The smallest absolute Gasteiger partial charge is 0.319 e. The van der Waals surface area contributed by atoms with Gasteiger partial charge in [0, 0.05) is 0 Å². The molecule has 0 radical (unpaired) electrons. The van der Waals surface area contributed by atoms with E-state index in [1.165, 1.54) is 0 Å². The molecule has 0 saturated carbocycles. The molecule has 0 aromatic rings. The maximum Gasteiger partial charge on any atom is 0.319 e. The first-order valence-corrected chi connectivity index (χ1v) is 5.90. The molecule has 0 rings (SSSR count). The van der Waals surface area contributed by atoms with Gasteiger partial charge in [0.2, 0.25) is 0 Å². The second-order valence-electron chi connectivity index (χ2n) is 2.53. The fraction of sp³-hybridized carbons (Fsp3) is 0.889. The van der Waals surface area contributed by atoms with Gasteiger partial charge in [-0.1, -0.05) is 6.92 Å². The van der Waals surface area contributed by atoms with Crippen molar-refractivity contribution in [1.29, 1.82) is 0 Å². The third-order valence-electron chi connectivity index (χ3n) is 1.42. The molecule has 0 saturated heterocycles. The van der Waals surface area contributed by atoms with Crippen molar-refractivity contribution in [2.24, 2.45) is 0 Å². The number of thioether (sulfide) groups is 1. The lowest BCUT2D eigenvalue weighted by molar-refractivity contribution is -0.141. The molecule has 0 aliphatic heterocycles. The average Bonchev–Trinajstić information content (AvgIpc) is 2.11. The van der Waals surface area contributed by atoms with E-state index in [-0.39, 0.29) is 5.97 Å². The number of esters is 1. The van der Waals surface area contributed by atoms with Crippen LogP contribution in [0.3, 0.4) is 0 Å². The SMILES string of the molecule is CCOC(=O)CNCCCSCC. The first kappa shape index (κ1) is 12.8. The van der Waals surface area contributed by atoms with Crippen molar-refractivity contribution in [3.05, 3.63) is 0 Å². The molecule has 0 aliphatic carbocycles. The van der Waals surface area contributed by atoms with Gasteiger partial charge >= 0.3 is 5.97 Å². The minimum atomic E-state index is -0.161. The van der Waals surface area contributed by atoms with E-state index in [4.69, 9.17) is 4.74 Å². The van der Waals surface area contributed by atoms with E-state index in [0.717, 1.165) is 24.5 Å². The van der Waals surface area contributed by atoms with Crippen molar-refractivity contribution in [3.8, 4) is 0 Å². The Bertz CT molecular complexity index is 131. The van der Waals surface area contributed by atoms with Gasteiger partial charge in [0.15, 0.2) is 0 Å². The van der Waals surface area contributed by atoms with Crippen LogP contribution in [0.5, 0.6) is 0 Å². The van der Waals surface area contributed by atoms with Gasteiger partial charge in [-0.3, -0.25) is 4.79 Å². The fourth-order valence-electron chi connectivity index (χ4n) is 0.846. The molecule has 0 spiro atoms. The zero-order chi connectivity index (χ0) is 9.94. The van der Waals surface area contributed by atoms with Crippen molar-refractivity contribution in [2.45, 2.75) is 20.3 Å². The molecule has 0 heterocycles. The number of hydrogen-bond donors (Lipinski definition) is 1. The molecule has 1 N–H and O–H groups in total.